The molecule has 0 bridgehead atoms. The van der Waals surface area contributed by atoms with Gasteiger partial charge >= 0.3 is 0 Å². The molecule has 0 fully saturated rings. The Morgan fingerprint density at radius 3 is 2.30 bits per heavy atom. The Bertz CT molecular complexity index is 964. The van der Waals surface area contributed by atoms with Crippen LogP contribution in [0.2, 0.25) is 15.1 Å². The minimum atomic E-state index is -3.73. The number of rotatable bonds is 6. The van der Waals surface area contributed by atoms with Crippen molar-refractivity contribution in [1.82, 2.24) is 5.32 Å². The zero-order valence-electron chi connectivity index (χ0n) is 15.0. The van der Waals surface area contributed by atoms with Crippen LogP contribution in [-0.4, -0.2) is 26.6 Å². The van der Waals surface area contributed by atoms with Gasteiger partial charge in [-0.15, -0.1) is 0 Å². The molecule has 1 atom stereocenters. The smallest absolute Gasteiger partial charge is 0.243 e. The van der Waals surface area contributed by atoms with Gasteiger partial charge in [0.05, 0.1) is 11.9 Å². The Morgan fingerprint density at radius 1 is 1.11 bits per heavy atom. The summed E-state index contributed by atoms with van der Waals surface area (Å²) >= 11 is 18.0. The Morgan fingerprint density at radius 2 is 1.70 bits per heavy atom. The van der Waals surface area contributed by atoms with Gasteiger partial charge in [0.1, 0.15) is 6.04 Å². The fourth-order valence-corrected chi connectivity index (χ4v) is 4.46. The first kappa shape index (κ1) is 21.8. The Hall–Kier alpha value is -1.47. The molecule has 2 aromatic carbocycles. The second-order valence-corrected chi connectivity index (χ2v) is 9.26. The summed E-state index contributed by atoms with van der Waals surface area (Å²) in [7, 11) is -3.73. The molecule has 0 spiro atoms. The highest BCUT2D eigenvalue weighted by Crippen LogP contribution is 2.28. The standard InChI is InChI=1S/C18H19Cl3N2O3S/c1-11-4-6-15(20)9-17(11)23(27(3,25)26)12(2)18(24)22-10-13-5-7-14(19)8-16(13)21/h4-9,12H,10H2,1-3H3,(H,22,24)/t12-/m0/s1. The summed E-state index contributed by atoms with van der Waals surface area (Å²) < 4.78 is 25.8. The van der Waals surface area contributed by atoms with Crippen molar-refractivity contribution in [2.45, 2.75) is 26.4 Å². The third kappa shape index (κ3) is 5.51. The molecule has 1 N–H and O–H groups in total. The average Bonchev–Trinajstić information content (AvgIpc) is 2.55. The predicted octanol–water partition coefficient (Wildman–Crippen LogP) is 4.43. The number of halogens is 3. The minimum absolute atomic E-state index is 0.144. The highest BCUT2D eigenvalue weighted by molar-refractivity contribution is 7.92. The summed E-state index contributed by atoms with van der Waals surface area (Å²) in [5.74, 6) is -0.467. The van der Waals surface area contributed by atoms with Crippen molar-refractivity contribution in [2.75, 3.05) is 10.6 Å². The summed E-state index contributed by atoms with van der Waals surface area (Å²) in [4.78, 5) is 12.6. The van der Waals surface area contributed by atoms with Crippen LogP contribution in [-0.2, 0) is 21.4 Å². The van der Waals surface area contributed by atoms with Crippen molar-refractivity contribution in [3.8, 4) is 0 Å². The number of hydrogen-bond acceptors (Lipinski definition) is 3. The number of benzene rings is 2. The van der Waals surface area contributed by atoms with E-state index in [4.69, 9.17) is 34.8 Å². The Kier molecular flexibility index (Phi) is 7.03. The zero-order valence-corrected chi connectivity index (χ0v) is 18.0. The van der Waals surface area contributed by atoms with Gasteiger partial charge in [0.25, 0.3) is 0 Å². The van der Waals surface area contributed by atoms with Gasteiger partial charge in [-0.1, -0.05) is 46.9 Å². The lowest BCUT2D eigenvalue weighted by atomic mass is 10.1. The molecule has 0 aliphatic heterocycles. The highest BCUT2D eigenvalue weighted by Gasteiger charge is 2.30. The third-order valence-electron chi connectivity index (χ3n) is 3.97. The Labute approximate surface area is 174 Å². The molecule has 0 aromatic heterocycles. The molecular formula is C18H19Cl3N2O3S. The van der Waals surface area contributed by atoms with Crippen molar-refractivity contribution in [3.63, 3.8) is 0 Å². The van der Waals surface area contributed by atoms with Crippen LogP contribution in [0.3, 0.4) is 0 Å². The van der Waals surface area contributed by atoms with Crippen LogP contribution in [0, 0.1) is 6.92 Å². The van der Waals surface area contributed by atoms with E-state index in [1.54, 1.807) is 37.3 Å². The van der Waals surface area contributed by atoms with Crippen LogP contribution < -0.4 is 9.62 Å². The molecule has 2 rings (SSSR count). The van der Waals surface area contributed by atoms with Gasteiger partial charge in [0, 0.05) is 21.6 Å². The molecule has 0 heterocycles. The number of anilines is 1. The molecule has 0 aliphatic rings. The molecule has 2 aromatic rings. The first-order valence-electron chi connectivity index (χ1n) is 7.98. The molecule has 0 radical (unpaired) electrons. The molecule has 1 amide bonds. The quantitative estimate of drug-likeness (QED) is 0.709. The van der Waals surface area contributed by atoms with Crippen molar-refractivity contribution in [2.24, 2.45) is 0 Å². The van der Waals surface area contributed by atoms with Crippen LogP contribution in [0.15, 0.2) is 36.4 Å². The number of sulfonamides is 1. The number of aryl methyl sites for hydroxylation is 1. The van der Waals surface area contributed by atoms with Crippen LogP contribution in [0.1, 0.15) is 18.1 Å². The van der Waals surface area contributed by atoms with Gasteiger partial charge in [-0.3, -0.25) is 9.10 Å². The molecule has 0 aliphatic carbocycles. The second kappa shape index (κ2) is 8.69. The highest BCUT2D eigenvalue weighted by atomic mass is 35.5. The van der Waals surface area contributed by atoms with E-state index in [0.717, 1.165) is 10.6 Å². The molecule has 27 heavy (non-hydrogen) atoms. The van der Waals surface area contributed by atoms with Crippen molar-refractivity contribution in [3.05, 3.63) is 62.6 Å². The Balaban J connectivity index is 2.26. The minimum Gasteiger partial charge on any atom is -0.350 e. The van der Waals surface area contributed by atoms with Gasteiger partial charge in [0.2, 0.25) is 15.9 Å². The number of nitrogens with zero attached hydrogens (tertiary/aromatic N) is 1. The predicted molar refractivity (Wildman–Crippen MR) is 111 cm³/mol. The number of carbonyl (C=O) groups excluding carboxylic acids is 1. The van der Waals surface area contributed by atoms with Crippen LogP contribution in [0.25, 0.3) is 0 Å². The van der Waals surface area contributed by atoms with Gasteiger partial charge in [0.15, 0.2) is 0 Å². The van der Waals surface area contributed by atoms with Crippen LogP contribution in [0.4, 0.5) is 5.69 Å². The van der Waals surface area contributed by atoms with Crippen molar-refractivity contribution < 1.29 is 13.2 Å². The van der Waals surface area contributed by atoms with Gasteiger partial charge in [-0.05, 0) is 49.2 Å². The second-order valence-electron chi connectivity index (χ2n) is 6.12. The van der Waals surface area contributed by atoms with E-state index >= 15 is 0 Å². The van der Waals surface area contributed by atoms with Gasteiger partial charge in [-0.2, -0.15) is 0 Å². The lowest BCUT2D eigenvalue weighted by molar-refractivity contribution is -0.122. The van der Waals surface area contributed by atoms with E-state index < -0.39 is 22.0 Å². The molecule has 0 saturated heterocycles. The van der Waals surface area contributed by atoms with Gasteiger partial charge < -0.3 is 5.32 Å². The normalized spacial score (nSPS) is 12.5. The zero-order chi connectivity index (χ0) is 20.4. The third-order valence-corrected chi connectivity index (χ3v) is 6.01. The lowest BCUT2D eigenvalue weighted by Crippen LogP contribution is -2.48. The summed E-state index contributed by atoms with van der Waals surface area (Å²) in [6.07, 6.45) is 1.05. The number of nitrogens with one attached hydrogen (secondary N) is 1. The number of hydrogen-bond donors (Lipinski definition) is 1. The van der Waals surface area contributed by atoms with Crippen LogP contribution in [0.5, 0.6) is 0 Å². The monoisotopic (exact) mass is 448 g/mol. The maximum Gasteiger partial charge on any atom is 0.243 e. The molecule has 146 valence electrons. The molecular weight excluding hydrogens is 431 g/mol. The van der Waals surface area contributed by atoms with E-state index in [-0.39, 0.29) is 6.54 Å². The SMILES string of the molecule is Cc1ccc(Cl)cc1N([C@@H](C)C(=O)NCc1ccc(Cl)cc1Cl)S(C)(=O)=O. The first-order valence-corrected chi connectivity index (χ1v) is 11.0. The van der Waals surface area contributed by atoms with Crippen molar-refractivity contribution >= 4 is 56.4 Å². The summed E-state index contributed by atoms with van der Waals surface area (Å²) in [5, 5.41) is 4.00. The summed E-state index contributed by atoms with van der Waals surface area (Å²) in [5.41, 5.74) is 1.72. The van der Waals surface area contributed by atoms with E-state index in [1.807, 2.05) is 0 Å². The first-order chi connectivity index (χ1) is 12.5. The van der Waals surface area contributed by atoms with E-state index in [1.165, 1.54) is 13.0 Å². The number of amides is 1. The topological polar surface area (TPSA) is 66.5 Å². The maximum absolute atomic E-state index is 12.6. The van der Waals surface area contributed by atoms with E-state index in [0.29, 0.717) is 31.9 Å². The molecule has 0 saturated carbocycles. The van der Waals surface area contributed by atoms with Crippen molar-refractivity contribution in [1.29, 1.82) is 0 Å². The van der Waals surface area contributed by atoms with E-state index in [2.05, 4.69) is 5.32 Å². The molecule has 0 unspecified atom stereocenters. The van der Waals surface area contributed by atoms with Gasteiger partial charge in [-0.25, -0.2) is 8.42 Å². The largest absolute Gasteiger partial charge is 0.350 e. The lowest BCUT2D eigenvalue weighted by Gasteiger charge is -2.29. The summed E-state index contributed by atoms with van der Waals surface area (Å²) in [6, 6.07) is 8.84. The molecule has 5 nitrogen and oxygen atoms in total. The fraction of sp³-hybridized carbons (Fsp3) is 0.278. The fourth-order valence-electron chi connectivity index (χ4n) is 2.60. The maximum atomic E-state index is 12.6. The molecule has 9 heteroatoms. The summed E-state index contributed by atoms with van der Waals surface area (Å²) in [6.45, 7) is 3.41. The van der Waals surface area contributed by atoms with Crippen LogP contribution >= 0.6 is 34.8 Å². The number of carbonyl (C=O) groups is 1. The van der Waals surface area contributed by atoms with E-state index in [9.17, 15) is 13.2 Å². The average molecular weight is 450 g/mol.